The van der Waals surface area contributed by atoms with Gasteiger partial charge in [-0.05, 0) is 94.5 Å². The molecule has 2 aliphatic rings. The quantitative estimate of drug-likeness (QED) is 0.497. The van der Waals surface area contributed by atoms with Crippen LogP contribution in [0.4, 0.5) is 10.1 Å². The number of carbonyl (C=O) groups is 3. The van der Waals surface area contributed by atoms with Gasteiger partial charge in [-0.3, -0.25) is 19.3 Å². The van der Waals surface area contributed by atoms with Crippen LogP contribution in [0.1, 0.15) is 89.0 Å². The third-order valence-corrected chi connectivity index (χ3v) is 7.54. The van der Waals surface area contributed by atoms with E-state index >= 15 is 0 Å². The molecule has 8 heteroatoms. The van der Waals surface area contributed by atoms with Crippen LogP contribution in [0, 0.1) is 19.7 Å². The summed E-state index contributed by atoms with van der Waals surface area (Å²) in [4.78, 5) is 41.5. The minimum absolute atomic E-state index is 0.0241. The van der Waals surface area contributed by atoms with Crippen molar-refractivity contribution in [1.82, 2.24) is 4.57 Å². The number of hydrogen-bond acceptors (Lipinski definition) is 4. The Labute approximate surface area is 198 Å². The Morgan fingerprint density at radius 2 is 1.76 bits per heavy atom. The average Bonchev–Trinajstić information content (AvgIpc) is 3.58. The van der Waals surface area contributed by atoms with E-state index in [0.29, 0.717) is 53.8 Å². The number of aliphatic hydroxyl groups excluding tert-OH is 1. The number of benzene rings is 1. The molecule has 1 heterocycles. The molecular weight excluding hydrogens is 437 g/mol. The Morgan fingerprint density at radius 1 is 1.15 bits per heavy atom. The van der Waals surface area contributed by atoms with Crippen LogP contribution in [0.5, 0.6) is 0 Å². The smallest absolute Gasteiger partial charge is 0.301 e. The fourth-order valence-electron chi connectivity index (χ4n) is 5.28. The summed E-state index contributed by atoms with van der Waals surface area (Å²) >= 11 is 0. The van der Waals surface area contributed by atoms with E-state index in [1.165, 1.54) is 17.0 Å². The lowest BCUT2D eigenvalue weighted by Crippen LogP contribution is -2.55. The molecule has 0 radical (unpaired) electrons. The Hall–Kier alpha value is -3.00. The van der Waals surface area contributed by atoms with Crippen LogP contribution in [0.15, 0.2) is 18.2 Å². The largest absolute Gasteiger partial charge is 0.393 e. The molecule has 0 unspecified atom stereocenters. The van der Waals surface area contributed by atoms with Crippen molar-refractivity contribution < 1.29 is 23.9 Å². The van der Waals surface area contributed by atoms with Crippen LogP contribution in [0.25, 0.3) is 0 Å². The fraction of sp³-hybridized carbons (Fsp3) is 0.500. The number of rotatable bonds is 6. The number of aliphatic hydroxyl groups is 1. The second-order valence-corrected chi connectivity index (χ2v) is 10.1. The van der Waals surface area contributed by atoms with Crippen molar-refractivity contribution in [1.29, 1.82) is 0 Å². The first-order valence-electron chi connectivity index (χ1n) is 11.8. The SMILES string of the molecule is Cc1cc(N(C(=O)C(=O)c2c(C3CC3)c(C(N)=O)c(C)n2C)C2(C)CCC(O)CC2)ccc1F. The summed E-state index contributed by atoms with van der Waals surface area (Å²) in [7, 11) is 1.67. The predicted molar refractivity (Wildman–Crippen MR) is 126 cm³/mol. The van der Waals surface area contributed by atoms with E-state index in [-0.39, 0.29) is 11.6 Å². The third kappa shape index (κ3) is 4.04. The molecule has 1 aromatic heterocycles. The van der Waals surface area contributed by atoms with Gasteiger partial charge in [0.2, 0.25) is 0 Å². The van der Waals surface area contributed by atoms with Gasteiger partial charge in [-0.25, -0.2) is 4.39 Å². The van der Waals surface area contributed by atoms with E-state index < -0.39 is 35.1 Å². The molecule has 1 aromatic carbocycles. The van der Waals surface area contributed by atoms with Crippen molar-refractivity contribution in [3.63, 3.8) is 0 Å². The molecule has 0 atom stereocenters. The van der Waals surface area contributed by atoms with Crippen molar-refractivity contribution in [3.05, 3.63) is 52.1 Å². The maximum Gasteiger partial charge on any atom is 0.301 e. The normalized spacial score (nSPS) is 22.5. The highest BCUT2D eigenvalue weighted by Crippen LogP contribution is 2.45. The van der Waals surface area contributed by atoms with E-state index in [0.717, 1.165) is 12.8 Å². The number of carbonyl (C=O) groups excluding carboxylic acids is 3. The second-order valence-electron chi connectivity index (χ2n) is 10.1. The standard InChI is InChI=1S/C26H32FN3O4/c1-14-13-17(7-8-19(14)27)30(26(3)11-9-18(31)10-12-26)25(34)23(32)22-21(16-5-6-16)20(24(28)33)15(2)29(22)4/h7-8,13,16,18,31H,5-6,9-12H2,1-4H3,(H2,28,33). The molecule has 0 bridgehead atoms. The summed E-state index contributed by atoms with van der Waals surface area (Å²) in [6.45, 7) is 5.23. The van der Waals surface area contributed by atoms with Crippen molar-refractivity contribution in [3.8, 4) is 0 Å². The number of nitrogens with zero attached hydrogens (tertiary/aromatic N) is 2. The maximum atomic E-state index is 14.0. The molecule has 4 rings (SSSR count). The zero-order valence-corrected chi connectivity index (χ0v) is 20.2. The number of ketones is 1. The molecule has 34 heavy (non-hydrogen) atoms. The molecule has 0 aliphatic heterocycles. The Bertz CT molecular complexity index is 1170. The summed E-state index contributed by atoms with van der Waals surface area (Å²) in [5.41, 5.74) is 7.35. The first-order valence-corrected chi connectivity index (χ1v) is 11.8. The zero-order valence-electron chi connectivity index (χ0n) is 20.2. The molecule has 3 N–H and O–H groups in total. The van der Waals surface area contributed by atoms with Crippen LogP contribution >= 0.6 is 0 Å². The number of aryl methyl sites for hydroxylation is 1. The average molecular weight is 470 g/mol. The van der Waals surface area contributed by atoms with Gasteiger partial charge in [0.15, 0.2) is 0 Å². The summed E-state index contributed by atoms with van der Waals surface area (Å²) in [6.07, 6.45) is 3.19. The molecule has 2 amide bonds. The molecule has 182 valence electrons. The van der Waals surface area contributed by atoms with Gasteiger partial charge in [-0.1, -0.05) is 0 Å². The van der Waals surface area contributed by atoms with E-state index in [1.54, 1.807) is 31.5 Å². The molecular formula is C26H32FN3O4. The van der Waals surface area contributed by atoms with Crippen molar-refractivity contribution in [2.45, 2.75) is 76.9 Å². The number of hydrogen-bond donors (Lipinski definition) is 2. The van der Waals surface area contributed by atoms with Crippen LogP contribution in [0.3, 0.4) is 0 Å². The molecule has 2 aromatic rings. The Kier molecular flexibility index (Phi) is 6.14. The van der Waals surface area contributed by atoms with Gasteiger partial charge in [0.05, 0.1) is 17.4 Å². The topological polar surface area (TPSA) is 106 Å². The van der Waals surface area contributed by atoms with Gasteiger partial charge < -0.3 is 15.4 Å². The second kappa shape index (κ2) is 8.65. The maximum absolute atomic E-state index is 14.0. The predicted octanol–water partition coefficient (Wildman–Crippen LogP) is 3.67. The van der Waals surface area contributed by atoms with E-state index in [1.807, 2.05) is 6.92 Å². The number of nitrogens with two attached hydrogens (primary N) is 1. The minimum atomic E-state index is -0.733. The molecule has 2 saturated carbocycles. The number of primary amides is 1. The van der Waals surface area contributed by atoms with Crippen molar-refractivity contribution in [2.24, 2.45) is 12.8 Å². The van der Waals surface area contributed by atoms with Crippen LogP contribution in [-0.4, -0.2) is 38.9 Å². The lowest BCUT2D eigenvalue weighted by molar-refractivity contribution is -0.116. The Balaban J connectivity index is 1.83. The minimum Gasteiger partial charge on any atom is -0.393 e. The number of aromatic nitrogens is 1. The van der Waals surface area contributed by atoms with Gasteiger partial charge >= 0.3 is 5.91 Å². The first-order chi connectivity index (χ1) is 16.0. The number of halogens is 1. The molecule has 0 saturated heterocycles. The summed E-state index contributed by atoms with van der Waals surface area (Å²) in [6, 6.07) is 4.38. The highest BCUT2D eigenvalue weighted by Gasteiger charge is 2.44. The van der Waals surface area contributed by atoms with Gasteiger partial charge in [0, 0.05) is 24.0 Å². The first kappa shape index (κ1) is 24.1. The van der Waals surface area contributed by atoms with E-state index in [2.05, 4.69) is 0 Å². The molecule has 2 aliphatic carbocycles. The highest BCUT2D eigenvalue weighted by atomic mass is 19.1. The lowest BCUT2D eigenvalue weighted by Gasteiger charge is -2.44. The number of anilines is 1. The lowest BCUT2D eigenvalue weighted by atomic mass is 9.79. The zero-order chi connectivity index (χ0) is 24.9. The van der Waals surface area contributed by atoms with Crippen molar-refractivity contribution >= 4 is 23.3 Å². The van der Waals surface area contributed by atoms with E-state index in [4.69, 9.17) is 5.73 Å². The summed E-state index contributed by atoms with van der Waals surface area (Å²) in [5, 5.41) is 10.1. The van der Waals surface area contributed by atoms with Gasteiger partial charge in [-0.2, -0.15) is 0 Å². The van der Waals surface area contributed by atoms with Gasteiger partial charge in [-0.15, -0.1) is 0 Å². The van der Waals surface area contributed by atoms with Crippen LogP contribution in [-0.2, 0) is 11.8 Å². The summed E-state index contributed by atoms with van der Waals surface area (Å²) in [5.74, 6) is -2.43. The molecule has 0 spiro atoms. The number of Topliss-reactive ketones (excluding diaryl/α,β-unsaturated/α-hetero) is 1. The fourth-order valence-corrected chi connectivity index (χ4v) is 5.28. The monoisotopic (exact) mass is 469 g/mol. The molecule has 2 fully saturated rings. The Morgan fingerprint density at radius 3 is 2.29 bits per heavy atom. The third-order valence-electron chi connectivity index (χ3n) is 7.54. The summed E-state index contributed by atoms with van der Waals surface area (Å²) < 4.78 is 15.6. The van der Waals surface area contributed by atoms with E-state index in [9.17, 15) is 23.9 Å². The molecule has 7 nitrogen and oxygen atoms in total. The van der Waals surface area contributed by atoms with Gasteiger partial charge in [0.25, 0.3) is 11.7 Å². The van der Waals surface area contributed by atoms with Crippen LogP contribution in [0.2, 0.25) is 0 Å². The van der Waals surface area contributed by atoms with Crippen molar-refractivity contribution in [2.75, 3.05) is 4.90 Å². The number of amides is 2. The van der Waals surface area contributed by atoms with Gasteiger partial charge in [0.1, 0.15) is 5.82 Å². The van der Waals surface area contributed by atoms with Crippen LogP contribution < -0.4 is 10.6 Å². The highest BCUT2D eigenvalue weighted by molar-refractivity contribution is 6.47.